The maximum absolute atomic E-state index is 10.9. The fourth-order valence-electron chi connectivity index (χ4n) is 1.64. The maximum atomic E-state index is 10.9. The van der Waals surface area contributed by atoms with E-state index in [1.165, 1.54) is 0 Å². The van der Waals surface area contributed by atoms with Gasteiger partial charge in [0.2, 0.25) is 12.4 Å². The number of rotatable bonds is 3. The number of aliphatic carboxylic acids is 1. The van der Waals surface area contributed by atoms with Crippen LogP contribution in [0.1, 0.15) is 12.8 Å². The van der Waals surface area contributed by atoms with E-state index in [0.29, 0.717) is 30.1 Å². The van der Waals surface area contributed by atoms with Gasteiger partial charge >= 0.3 is 5.97 Å². The molecule has 1 aromatic carbocycles. The first-order chi connectivity index (χ1) is 7.70. The van der Waals surface area contributed by atoms with E-state index in [-0.39, 0.29) is 6.79 Å². The molecule has 1 heterocycles. The largest absolute Gasteiger partial charge is 0.478 e. The Morgan fingerprint density at radius 2 is 2.06 bits per heavy atom. The Bertz CT molecular complexity index is 450. The Balaban J connectivity index is 1.83. The molecule has 1 aromatic rings. The van der Waals surface area contributed by atoms with Crippen LogP contribution in [0, 0.1) is 0 Å². The Labute approximate surface area is 91.5 Å². The summed E-state index contributed by atoms with van der Waals surface area (Å²) in [7, 11) is 0. The molecule has 0 radical (unpaired) electrons. The lowest BCUT2D eigenvalue weighted by atomic mass is 10.3. The number of carboxylic acid groups (broad SMARTS) is 1. The summed E-state index contributed by atoms with van der Waals surface area (Å²) >= 11 is 0. The smallest absolute Gasteiger partial charge is 0.348 e. The minimum Gasteiger partial charge on any atom is -0.478 e. The Morgan fingerprint density at radius 3 is 2.75 bits per heavy atom. The molecule has 5 heteroatoms. The average molecular weight is 222 g/mol. The van der Waals surface area contributed by atoms with Crippen LogP contribution in [0.2, 0.25) is 0 Å². The quantitative estimate of drug-likeness (QED) is 0.837. The standard InChI is InChI=1S/C11H10O5/c12-10(13)11(3-4-11)16-7-1-2-8-9(5-7)15-6-14-8/h1-2,5H,3-4,6H2,(H,12,13). The van der Waals surface area contributed by atoms with Crippen molar-refractivity contribution in [2.45, 2.75) is 18.4 Å². The summed E-state index contributed by atoms with van der Waals surface area (Å²) in [6.45, 7) is 0.197. The highest BCUT2D eigenvalue weighted by Crippen LogP contribution is 2.43. The molecule has 0 aromatic heterocycles. The van der Waals surface area contributed by atoms with Gasteiger partial charge in [-0.1, -0.05) is 0 Å². The van der Waals surface area contributed by atoms with Crippen LogP contribution >= 0.6 is 0 Å². The summed E-state index contributed by atoms with van der Waals surface area (Å²) in [5, 5.41) is 8.98. The van der Waals surface area contributed by atoms with Crippen molar-refractivity contribution in [2.24, 2.45) is 0 Å². The summed E-state index contributed by atoms with van der Waals surface area (Å²) in [4.78, 5) is 10.9. The molecule has 1 N–H and O–H groups in total. The molecule has 0 spiro atoms. The Morgan fingerprint density at radius 1 is 1.31 bits per heavy atom. The molecule has 2 aliphatic rings. The summed E-state index contributed by atoms with van der Waals surface area (Å²) in [6.07, 6.45) is 1.10. The number of benzene rings is 1. The molecule has 0 amide bonds. The van der Waals surface area contributed by atoms with E-state index in [0.717, 1.165) is 0 Å². The zero-order chi connectivity index (χ0) is 11.2. The van der Waals surface area contributed by atoms with Crippen molar-refractivity contribution < 1.29 is 24.1 Å². The van der Waals surface area contributed by atoms with Gasteiger partial charge in [-0.25, -0.2) is 4.79 Å². The van der Waals surface area contributed by atoms with E-state index in [4.69, 9.17) is 19.3 Å². The van der Waals surface area contributed by atoms with Crippen molar-refractivity contribution in [1.29, 1.82) is 0 Å². The van der Waals surface area contributed by atoms with E-state index in [1.807, 2.05) is 0 Å². The highest BCUT2D eigenvalue weighted by Gasteiger charge is 2.53. The van der Waals surface area contributed by atoms with Crippen molar-refractivity contribution >= 4 is 5.97 Å². The van der Waals surface area contributed by atoms with Gasteiger partial charge < -0.3 is 19.3 Å². The molecular formula is C11H10O5. The number of fused-ring (bicyclic) bond motifs is 1. The predicted octanol–water partition coefficient (Wildman–Crippen LogP) is 1.41. The fourth-order valence-corrected chi connectivity index (χ4v) is 1.64. The van der Waals surface area contributed by atoms with Crippen LogP contribution < -0.4 is 14.2 Å². The molecule has 1 saturated carbocycles. The van der Waals surface area contributed by atoms with Crippen LogP contribution in [-0.2, 0) is 4.79 Å². The zero-order valence-corrected chi connectivity index (χ0v) is 8.43. The van der Waals surface area contributed by atoms with Crippen molar-refractivity contribution in [3.63, 3.8) is 0 Å². The molecular weight excluding hydrogens is 212 g/mol. The maximum Gasteiger partial charge on any atom is 0.348 e. The van der Waals surface area contributed by atoms with Gasteiger partial charge in [0.25, 0.3) is 0 Å². The van der Waals surface area contributed by atoms with Gasteiger partial charge in [-0.3, -0.25) is 0 Å². The topological polar surface area (TPSA) is 65.0 Å². The van der Waals surface area contributed by atoms with E-state index >= 15 is 0 Å². The van der Waals surface area contributed by atoms with Crippen LogP contribution in [0.15, 0.2) is 18.2 Å². The fraction of sp³-hybridized carbons (Fsp3) is 0.364. The first-order valence-electron chi connectivity index (χ1n) is 5.02. The van der Waals surface area contributed by atoms with Crippen LogP contribution in [0.4, 0.5) is 0 Å². The van der Waals surface area contributed by atoms with Gasteiger partial charge in [0, 0.05) is 18.9 Å². The van der Waals surface area contributed by atoms with Crippen molar-refractivity contribution in [2.75, 3.05) is 6.79 Å². The highest BCUT2D eigenvalue weighted by molar-refractivity contribution is 5.81. The van der Waals surface area contributed by atoms with Gasteiger partial charge in [-0.15, -0.1) is 0 Å². The van der Waals surface area contributed by atoms with Crippen LogP contribution in [0.25, 0.3) is 0 Å². The SMILES string of the molecule is O=C(O)C1(Oc2ccc3c(c2)OCO3)CC1. The number of hydrogen-bond acceptors (Lipinski definition) is 4. The van der Waals surface area contributed by atoms with Gasteiger partial charge in [-0.05, 0) is 12.1 Å². The lowest BCUT2D eigenvalue weighted by Crippen LogP contribution is -2.28. The number of ether oxygens (including phenoxy) is 3. The number of carbonyl (C=O) groups is 1. The molecule has 1 aliphatic heterocycles. The molecule has 5 nitrogen and oxygen atoms in total. The van der Waals surface area contributed by atoms with Gasteiger partial charge in [0.15, 0.2) is 11.5 Å². The third kappa shape index (κ3) is 1.36. The molecule has 0 bridgehead atoms. The number of hydrogen-bond donors (Lipinski definition) is 1. The minimum atomic E-state index is -1.02. The molecule has 0 unspecified atom stereocenters. The first kappa shape index (κ1) is 9.33. The second kappa shape index (κ2) is 3.04. The Kier molecular flexibility index (Phi) is 1.77. The van der Waals surface area contributed by atoms with Crippen molar-refractivity contribution in [3.8, 4) is 17.2 Å². The monoisotopic (exact) mass is 222 g/mol. The predicted molar refractivity (Wildman–Crippen MR) is 52.8 cm³/mol. The van der Waals surface area contributed by atoms with Gasteiger partial charge in [-0.2, -0.15) is 0 Å². The first-order valence-corrected chi connectivity index (χ1v) is 5.02. The second-order valence-corrected chi connectivity index (χ2v) is 3.92. The van der Waals surface area contributed by atoms with Crippen LogP contribution in [0.5, 0.6) is 17.2 Å². The molecule has 3 rings (SSSR count). The molecule has 84 valence electrons. The lowest BCUT2D eigenvalue weighted by Gasteiger charge is -2.13. The van der Waals surface area contributed by atoms with Crippen molar-refractivity contribution in [1.82, 2.24) is 0 Å². The molecule has 0 saturated heterocycles. The molecule has 16 heavy (non-hydrogen) atoms. The minimum absolute atomic E-state index is 0.197. The summed E-state index contributed by atoms with van der Waals surface area (Å²) in [5.41, 5.74) is -1.02. The lowest BCUT2D eigenvalue weighted by molar-refractivity contribution is -0.147. The summed E-state index contributed by atoms with van der Waals surface area (Å²) in [6, 6.07) is 5.07. The third-order valence-corrected chi connectivity index (χ3v) is 2.75. The van der Waals surface area contributed by atoms with E-state index < -0.39 is 11.6 Å². The molecule has 1 fully saturated rings. The van der Waals surface area contributed by atoms with Crippen LogP contribution in [0.3, 0.4) is 0 Å². The van der Waals surface area contributed by atoms with Gasteiger partial charge in [0.1, 0.15) is 5.75 Å². The average Bonchev–Trinajstić information content (AvgIpc) is 2.90. The van der Waals surface area contributed by atoms with E-state index in [9.17, 15) is 4.79 Å². The number of carboxylic acids is 1. The zero-order valence-electron chi connectivity index (χ0n) is 8.43. The molecule has 1 aliphatic carbocycles. The molecule has 0 atom stereocenters. The third-order valence-electron chi connectivity index (χ3n) is 2.75. The van der Waals surface area contributed by atoms with Gasteiger partial charge in [0.05, 0.1) is 0 Å². The summed E-state index contributed by atoms with van der Waals surface area (Å²) < 4.78 is 15.8. The second-order valence-electron chi connectivity index (χ2n) is 3.92. The van der Waals surface area contributed by atoms with Crippen molar-refractivity contribution in [3.05, 3.63) is 18.2 Å². The van der Waals surface area contributed by atoms with E-state index in [2.05, 4.69) is 0 Å². The Hall–Kier alpha value is -1.91. The normalized spacial score (nSPS) is 19.2. The van der Waals surface area contributed by atoms with Crippen LogP contribution in [-0.4, -0.2) is 23.5 Å². The van der Waals surface area contributed by atoms with E-state index in [1.54, 1.807) is 18.2 Å². The summed E-state index contributed by atoms with van der Waals surface area (Å²) in [5.74, 6) is 0.848. The highest BCUT2D eigenvalue weighted by atomic mass is 16.7.